The molecule has 0 unspecified atom stereocenters. The SMILES string of the molecule is FC1(Cc2ccccc2)NC(F)(F)C(F)(F)N1. The van der Waals surface area contributed by atoms with Crippen LogP contribution in [-0.2, 0) is 6.42 Å². The van der Waals surface area contributed by atoms with E-state index in [1.54, 1.807) is 18.2 Å². The molecule has 1 saturated heterocycles. The van der Waals surface area contributed by atoms with E-state index in [0.717, 1.165) is 10.6 Å². The fourth-order valence-corrected chi connectivity index (χ4v) is 1.65. The van der Waals surface area contributed by atoms with Crippen LogP contribution in [0.15, 0.2) is 30.3 Å². The topological polar surface area (TPSA) is 24.1 Å². The van der Waals surface area contributed by atoms with Crippen molar-refractivity contribution in [2.45, 2.75) is 24.4 Å². The van der Waals surface area contributed by atoms with Crippen molar-refractivity contribution >= 4 is 0 Å². The predicted molar refractivity (Wildman–Crippen MR) is 50.2 cm³/mol. The van der Waals surface area contributed by atoms with Crippen molar-refractivity contribution in [3.05, 3.63) is 35.9 Å². The first-order valence-corrected chi connectivity index (χ1v) is 4.81. The first kappa shape index (κ1) is 12.3. The van der Waals surface area contributed by atoms with Gasteiger partial charge in [-0.3, -0.25) is 0 Å². The molecule has 7 heteroatoms. The fraction of sp³-hybridized carbons (Fsp3) is 0.400. The Morgan fingerprint density at radius 3 is 1.76 bits per heavy atom. The molecule has 0 spiro atoms. The Balaban J connectivity index is 2.18. The highest BCUT2D eigenvalue weighted by atomic mass is 19.3. The number of rotatable bonds is 2. The van der Waals surface area contributed by atoms with Gasteiger partial charge in [-0.05, 0) is 5.56 Å². The lowest BCUT2D eigenvalue weighted by Gasteiger charge is -2.19. The van der Waals surface area contributed by atoms with Crippen molar-refractivity contribution in [3.63, 3.8) is 0 Å². The van der Waals surface area contributed by atoms with Crippen LogP contribution in [0.3, 0.4) is 0 Å². The standard InChI is InChI=1S/C10H9F5N2/c11-8(6-7-4-2-1-3-5-7)16-9(12,13)10(14,15)17-8/h1-5,16-17H,6H2. The van der Waals surface area contributed by atoms with Crippen LogP contribution in [0.2, 0.25) is 0 Å². The Hall–Kier alpha value is -1.21. The van der Waals surface area contributed by atoms with E-state index in [1.807, 2.05) is 0 Å². The average molecular weight is 252 g/mol. The zero-order valence-corrected chi connectivity index (χ0v) is 8.48. The van der Waals surface area contributed by atoms with Gasteiger partial charge in [-0.1, -0.05) is 30.3 Å². The number of hydrogen-bond donors (Lipinski definition) is 2. The molecule has 0 radical (unpaired) electrons. The summed E-state index contributed by atoms with van der Waals surface area (Å²) in [6.45, 7) is 0. The highest BCUT2D eigenvalue weighted by molar-refractivity contribution is 5.18. The highest BCUT2D eigenvalue weighted by Gasteiger charge is 2.69. The third-order valence-electron chi connectivity index (χ3n) is 2.40. The molecule has 0 aromatic heterocycles. The largest absolute Gasteiger partial charge is 0.383 e. The van der Waals surface area contributed by atoms with Crippen molar-refractivity contribution in [2.24, 2.45) is 0 Å². The molecule has 1 aromatic carbocycles. The second-order valence-corrected chi connectivity index (χ2v) is 3.86. The molecule has 2 N–H and O–H groups in total. The number of alkyl halides is 5. The van der Waals surface area contributed by atoms with E-state index < -0.39 is 24.4 Å². The van der Waals surface area contributed by atoms with Crippen LogP contribution < -0.4 is 10.6 Å². The molecule has 0 atom stereocenters. The lowest BCUT2D eigenvalue weighted by Crippen LogP contribution is -2.49. The molecule has 1 aliphatic heterocycles. The van der Waals surface area contributed by atoms with E-state index >= 15 is 0 Å². The second-order valence-electron chi connectivity index (χ2n) is 3.86. The third-order valence-corrected chi connectivity index (χ3v) is 2.40. The number of benzene rings is 1. The summed E-state index contributed by atoms with van der Waals surface area (Å²) in [5.74, 6) is -3.03. The molecular formula is C10H9F5N2. The van der Waals surface area contributed by atoms with Crippen LogP contribution in [0, 0.1) is 0 Å². The van der Waals surface area contributed by atoms with Crippen LogP contribution in [0.1, 0.15) is 5.56 Å². The first-order chi connectivity index (χ1) is 7.74. The minimum absolute atomic E-state index is 0.323. The lowest BCUT2D eigenvalue weighted by molar-refractivity contribution is -0.207. The van der Waals surface area contributed by atoms with E-state index in [2.05, 4.69) is 0 Å². The van der Waals surface area contributed by atoms with Crippen LogP contribution in [-0.4, -0.2) is 18.0 Å². The van der Waals surface area contributed by atoms with E-state index in [4.69, 9.17) is 0 Å². The molecule has 1 aliphatic rings. The van der Waals surface area contributed by atoms with Crippen LogP contribution in [0.5, 0.6) is 0 Å². The second kappa shape index (κ2) is 3.64. The predicted octanol–water partition coefficient (Wildman–Crippen LogP) is 2.23. The Morgan fingerprint density at radius 2 is 1.29 bits per heavy atom. The maximum Gasteiger partial charge on any atom is 0.383 e. The lowest BCUT2D eigenvalue weighted by atomic mass is 10.1. The van der Waals surface area contributed by atoms with Crippen molar-refractivity contribution < 1.29 is 22.0 Å². The Labute approximate surface area is 93.8 Å². The summed E-state index contributed by atoms with van der Waals surface area (Å²) in [6.07, 6.45) is -0.626. The average Bonchev–Trinajstić information content (AvgIpc) is 2.31. The van der Waals surface area contributed by atoms with E-state index in [1.165, 1.54) is 12.1 Å². The molecule has 0 bridgehead atoms. The zero-order chi connectivity index (χ0) is 12.7. The van der Waals surface area contributed by atoms with Crippen LogP contribution >= 0.6 is 0 Å². The van der Waals surface area contributed by atoms with Crippen molar-refractivity contribution in [2.75, 3.05) is 0 Å². The Bertz CT molecular complexity index is 390. The van der Waals surface area contributed by atoms with Crippen LogP contribution in [0.25, 0.3) is 0 Å². The van der Waals surface area contributed by atoms with Crippen molar-refractivity contribution in [1.29, 1.82) is 0 Å². The zero-order valence-electron chi connectivity index (χ0n) is 8.48. The quantitative estimate of drug-likeness (QED) is 0.623. The highest BCUT2D eigenvalue weighted by Crippen LogP contribution is 2.39. The molecule has 2 rings (SSSR count). The summed E-state index contributed by atoms with van der Waals surface area (Å²) in [4.78, 5) is 0. The smallest absolute Gasteiger partial charge is 0.208 e. The minimum Gasteiger partial charge on any atom is -0.208 e. The Morgan fingerprint density at radius 1 is 0.824 bits per heavy atom. The fourth-order valence-electron chi connectivity index (χ4n) is 1.65. The maximum absolute atomic E-state index is 13.8. The number of hydrogen-bond acceptors (Lipinski definition) is 2. The molecule has 94 valence electrons. The molecule has 0 saturated carbocycles. The number of nitrogens with one attached hydrogen (secondary N) is 2. The molecule has 1 heterocycles. The van der Waals surface area contributed by atoms with Crippen LogP contribution in [0.4, 0.5) is 22.0 Å². The van der Waals surface area contributed by atoms with Crippen molar-refractivity contribution in [3.8, 4) is 0 Å². The normalized spacial score (nSPS) is 24.8. The minimum atomic E-state index is -4.61. The third kappa shape index (κ3) is 2.25. The van der Waals surface area contributed by atoms with E-state index in [-0.39, 0.29) is 0 Å². The van der Waals surface area contributed by atoms with Gasteiger partial charge in [0.05, 0.1) is 0 Å². The summed E-state index contributed by atoms with van der Waals surface area (Å²) >= 11 is 0. The van der Waals surface area contributed by atoms with E-state index in [9.17, 15) is 22.0 Å². The van der Waals surface area contributed by atoms with Gasteiger partial charge in [0, 0.05) is 6.42 Å². The maximum atomic E-state index is 13.8. The summed E-state index contributed by atoms with van der Waals surface area (Å²) in [5, 5.41) is 1.97. The summed E-state index contributed by atoms with van der Waals surface area (Å²) in [7, 11) is 0. The van der Waals surface area contributed by atoms with Crippen molar-refractivity contribution in [1.82, 2.24) is 10.6 Å². The number of halogens is 5. The van der Waals surface area contributed by atoms with Gasteiger partial charge < -0.3 is 0 Å². The van der Waals surface area contributed by atoms with E-state index in [0.29, 0.717) is 5.56 Å². The van der Waals surface area contributed by atoms with Gasteiger partial charge in [-0.15, -0.1) is 0 Å². The van der Waals surface area contributed by atoms with Gasteiger partial charge in [0.15, 0.2) is 0 Å². The monoisotopic (exact) mass is 252 g/mol. The van der Waals surface area contributed by atoms with Gasteiger partial charge in [-0.2, -0.15) is 17.6 Å². The molecule has 17 heavy (non-hydrogen) atoms. The molecule has 2 nitrogen and oxygen atoms in total. The molecular weight excluding hydrogens is 243 g/mol. The molecule has 1 aromatic rings. The van der Waals surface area contributed by atoms with Gasteiger partial charge >= 0.3 is 12.1 Å². The van der Waals surface area contributed by atoms with Gasteiger partial charge in [0.1, 0.15) is 0 Å². The Kier molecular flexibility index (Phi) is 2.62. The summed E-state index contributed by atoms with van der Waals surface area (Å²) < 4.78 is 64.8. The first-order valence-electron chi connectivity index (χ1n) is 4.81. The molecule has 0 aliphatic carbocycles. The summed E-state index contributed by atoms with van der Waals surface area (Å²) in [5.41, 5.74) is 0.323. The molecule has 1 fully saturated rings. The van der Waals surface area contributed by atoms with Gasteiger partial charge in [0.2, 0.25) is 5.92 Å². The van der Waals surface area contributed by atoms with Gasteiger partial charge in [0.25, 0.3) is 0 Å². The summed E-state index contributed by atoms with van der Waals surface area (Å²) in [6, 6.07) is -1.55. The molecule has 0 amide bonds. The van der Waals surface area contributed by atoms with Gasteiger partial charge in [-0.25, -0.2) is 15.0 Å².